The maximum Gasteiger partial charge on any atom is 0.224 e. The van der Waals surface area contributed by atoms with Gasteiger partial charge in [-0.3, -0.25) is 9.78 Å². The van der Waals surface area contributed by atoms with Crippen LogP contribution < -0.4 is 5.32 Å². The molecule has 1 aliphatic heterocycles. The Balaban J connectivity index is 2.09. The van der Waals surface area contributed by atoms with Crippen LogP contribution >= 0.6 is 0 Å². The lowest BCUT2D eigenvalue weighted by molar-refractivity contribution is -0.133. The second kappa shape index (κ2) is 5.48. The number of aromatic nitrogens is 1. The first-order valence-corrected chi connectivity index (χ1v) is 6.44. The van der Waals surface area contributed by atoms with Crippen molar-refractivity contribution in [2.75, 3.05) is 19.6 Å². The molecule has 98 valence electrons. The molecule has 1 aliphatic rings. The van der Waals surface area contributed by atoms with E-state index in [4.69, 9.17) is 0 Å². The van der Waals surface area contributed by atoms with E-state index >= 15 is 0 Å². The number of nitrogens with one attached hydrogen (secondary N) is 1. The van der Waals surface area contributed by atoms with Gasteiger partial charge >= 0.3 is 0 Å². The fourth-order valence-corrected chi connectivity index (χ4v) is 2.29. The molecule has 0 aromatic carbocycles. The van der Waals surface area contributed by atoms with E-state index in [0.29, 0.717) is 13.0 Å². The average molecular weight is 247 g/mol. The third kappa shape index (κ3) is 3.53. The van der Waals surface area contributed by atoms with Crippen molar-refractivity contribution in [3.8, 4) is 0 Å². The average Bonchev–Trinajstić information content (AvgIpc) is 2.33. The van der Waals surface area contributed by atoms with Gasteiger partial charge in [-0.1, -0.05) is 13.8 Å². The molecule has 0 radical (unpaired) electrons. The van der Waals surface area contributed by atoms with Crippen molar-refractivity contribution in [1.82, 2.24) is 15.2 Å². The Kier molecular flexibility index (Phi) is 3.97. The first-order chi connectivity index (χ1) is 8.57. The standard InChI is InChI=1S/C14H21N3O/c1-14(2)10-16-8-5-13(18)17(11-14)9-12-3-6-15-7-4-12/h3-4,6-7,16H,5,8-11H2,1-2H3. The number of hydrogen-bond acceptors (Lipinski definition) is 3. The van der Waals surface area contributed by atoms with Gasteiger partial charge < -0.3 is 10.2 Å². The molecule has 1 amide bonds. The summed E-state index contributed by atoms with van der Waals surface area (Å²) in [5.41, 5.74) is 1.26. The molecule has 0 spiro atoms. The van der Waals surface area contributed by atoms with Crippen LogP contribution in [0, 0.1) is 5.41 Å². The molecule has 4 heteroatoms. The Bertz CT molecular complexity index is 403. The highest BCUT2D eigenvalue weighted by atomic mass is 16.2. The van der Waals surface area contributed by atoms with Crippen LogP contribution in [-0.4, -0.2) is 35.4 Å². The largest absolute Gasteiger partial charge is 0.338 e. The second-order valence-electron chi connectivity index (χ2n) is 5.70. The molecule has 0 unspecified atom stereocenters. The van der Waals surface area contributed by atoms with Crippen LogP contribution in [0.3, 0.4) is 0 Å². The summed E-state index contributed by atoms with van der Waals surface area (Å²) in [6.45, 7) is 7.59. The van der Waals surface area contributed by atoms with Gasteiger partial charge in [0, 0.05) is 45.0 Å². The summed E-state index contributed by atoms with van der Waals surface area (Å²) < 4.78 is 0. The number of nitrogens with zero attached hydrogens (tertiary/aromatic N) is 2. The van der Waals surface area contributed by atoms with Crippen molar-refractivity contribution < 1.29 is 4.79 Å². The van der Waals surface area contributed by atoms with Crippen molar-refractivity contribution in [1.29, 1.82) is 0 Å². The minimum atomic E-state index is 0.114. The number of hydrogen-bond donors (Lipinski definition) is 1. The van der Waals surface area contributed by atoms with E-state index in [1.54, 1.807) is 12.4 Å². The summed E-state index contributed by atoms with van der Waals surface area (Å²) in [5, 5.41) is 3.33. The van der Waals surface area contributed by atoms with Crippen LogP contribution in [0.4, 0.5) is 0 Å². The lowest BCUT2D eigenvalue weighted by Crippen LogP contribution is -2.46. The molecule has 0 atom stereocenters. The molecule has 0 bridgehead atoms. The van der Waals surface area contributed by atoms with E-state index in [2.05, 4.69) is 24.1 Å². The van der Waals surface area contributed by atoms with Crippen LogP contribution in [0.1, 0.15) is 25.8 Å². The quantitative estimate of drug-likeness (QED) is 0.860. The fourth-order valence-electron chi connectivity index (χ4n) is 2.29. The summed E-state index contributed by atoms with van der Waals surface area (Å²) in [5.74, 6) is 0.229. The fraction of sp³-hybridized carbons (Fsp3) is 0.571. The number of carbonyl (C=O) groups is 1. The maximum absolute atomic E-state index is 12.1. The molecule has 1 fully saturated rings. The first kappa shape index (κ1) is 13.0. The number of rotatable bonds is 2. The maximum atomic E-state index is 12.1. The number of amides is 1. The highest BCUT2D eigenvalue weighted by Gasteiger charge is 2.26. The lowest BCUT2D eigenvalue weighted by Gasteiger charge is -2.35. The van der Waals surface area contributed by atoms with E-state index < -0.39 is 0 Å². The Morgan fingerprint density at radius 2 is 2.11 bits per heavy atom. The van der Waals surface area contributed by atoms with Gasteiger partial charge in [-0.15, -0.1) is 0 Å². The number of pyridine rings is 1. The normalized spacial score (nSPS) is 20.3. The lowest BCUT2D eigenvalue weighted by atomic mass is 9.91. The monoisotopic (exact) mass is 247 g/mol. The van der Waals surface area contributed by atoms with Gasteiger partial charge in [0.1, 0.15) is 0 Å². The van der Waals surface area contributed by atoms with Gasteiger partial charge in [0.15, 0.2) is 0 Å². The second-order valence-corrected chi connectivity index (χ2v) is 5.70. The van der Waals surface area contributed by atoms with Crippen LogP contribution in [0.25, 0.3) is 0 Å². The summed E-state index contributed by atoms with van der Waals surface area (Å²) in [4.78, 5) is 18.1. The van der Waals surface area contributed by atoms with Crippen molar-refractivity contribution in [2.24, 2.45) is 5.41 Å². The Morgan fingerprint density at radius 1 is 1.39 bits per heavy atom. The first-order valence-electron chi connectivity index (χ1n) is 6.44. The van der Waals surface area contributed by atoms with E-state index in [-0.39, 0.29) is 11.3 Å². The van der Waals surface area contributed by atoms with Gasteiger partial charge in [0.2, 0.25) is 5.91 Å². The van der Waals surface area contributed by atoms with Crippen LogP contribution in [0.5, 0.6) is 0 Å². The zero-order chi connectivity index (χ0) is 13.0. The summed E-state index contributed by atoms with van der Waals surface area (Å²) >= 11 is 0. The molecule has 18 heavy (non-hydrogen) atoms. The Hall–Kier alpha value is -1.42. The van der Waals surface area contributed by atoms with Gasteiger partial charge in [-0.05, 0) is 23.1 Å². The molecular formula is C14H21N3O. The van der Waals surface area contributed by atoms with Gasteiger partial charge in [-0.2, -0.15) is 0 Å². The molecule has 4 nitrogen and oxygen atoms in total. The summed E-state index contributed by atoms with van der Waals surface area (Å²) in [6.07, 6.45) is 4.13. The predicted octanol–water partition coefficient (Wildman–Crippen LogP) is 1.43. The summed E-state index contributed by atoms with van der Waals surface area (Å²) in [7, 11) is 0. The minimum Gasteiger partial charge on any atom is -0.338 e. The molecule has 1 N–H and O–H groups in total. The van der Waals surface area contributed by atoms with Crippen molar-refractivity contribution in [3.05, 3.63) is 30.1 Å². The molecule has 2 rings (SSSR count). The van der Waals surface area contributed by atoms with Gasteiger partial charge in [0.25, 0.3) is 0 Å². The van der Waals surface area contributed by atoms with E-state index in [1.165, 1.54) is 0 Å². The zero-order valence-corrected chi connectivity index (χ0v) is 11.1. The third-order valence-corrected chi connectivity index (χ3v) is 3.21. The third-order valence-electron chi connectivity index (χ3n) is 3.21. The molecule has 0 saturated carbocycles. The van der Waals surface area contributed by atoms with Crippen LogP contribution in [-0.2, 0) is 11.3 Å². The van der Waals surface area contributed by atoms with Gasteiger partial charge in [-0.25, -0.2) is 0 Å². The molecular weight excluding hydrogens is 226 g/mol. The molecule has 0 aliphatic carbocycles. The van der Waals surface area contributed by atoms with E-state index in [0.717, 1.165) is 25.2 Å². The SMILES string of the molecule is CC1(C)CNCCC(=O)N(Cc2ccncc2)C1. The predicted molar refractivity (Wildman–Crippen MR) is 70.9 cm³/mol. The van der Waals surface area contributed by atoms with Gasteiger partial charge in [0.05, 0.1) is 0 Å². The Morgan fingerprint density at radius 3 is 2.83 bits per heavy atom. The zero-order valence-electron chi connectivity index (χ0n) is 11.1. The van der Waals surface area contributed by atoms with Crippen molar-refractivity contribution >= 4 is 5.91 Å². The topological polar surface area (TPSA) is 45.2 Å². The van der Waals surface area contributed by atoms with Crippen LogP contribution in [0.15, 0.2) is 24.5 Å². The van der Waals surface area contributed by atoms with Crippen molar-refractivity contribution in [2.45, 2.75) is 26.8 Å². The molecule has 1 aromatic heterocycles. The molecule has 2 heterocycles. The summed E-state index contributed by atoms with van der Waals surface area (Å²) in [6, 6.07) is 3.94. The van der Waals surface area contributed by atoms with E-state index in [9.17, 15) is 4.79 Å². The smallest absolute Gasteiger partial charge is 0.224 e. The minimum absolute atomic E-state index is 0.114. The highest BCUT2D eigenvalue weighted by Crippen LogP contribution is 2.19. The number of carbonyl (C=O) groups excluding carboxylic acids is 1. The molecule has 1 saturated heterocycles. The highest BCUT2D eigenvalue weighted by molar-refractivity contribution is 5.76. The molecule has 1 aromatic rings. The van der Waals surface area contributed by atoms with E-state index in [1.807, 2.05) is 17.0 Å². The Labute approximate surface area is 108 Å². The van der Waals surface area contributed by atoms with Crippen LogP contribution in [0.2, 0.25) is 0 Å². The van der Waals surface area contributed by atoms with Crippen molar-refractivity contribution in [3.63, 3.8) is 0 Å².